The third-order valence-corrected chi connectivity index (χ3v) is 7.57. The van der Waals surface area contributed by atoms with E-state index in [-0.39, 0.29) is 16.8 Å². The van der Waals surface area contributed by atoms with Gasteiger partial charge in [-0.25, -0.2) is 18.3 Å². The molecule has 0 radical (unpaired) electrons. The van der Waals surface area contributed by atoms with Crippen LogP contribution in [0.25, 0.3) is 0 Å². The van der Waals surface area contributed by atoms with Crippen LogP contribution in [-0.4, -0.2) is 22.1 Å². The van der Waals surface area contributed by atoms with Crippen LogP contribution in [0.15, 0.2) is 58.2 Å². The molecule has 2 N–H and O–H groups in total. The van der Waals surface area contributed by atoms with Crippen LogP contribution in [-0.2, 0) is 28.4 Å². The van der Waals surface area contributed by atoms with Gasteiger partial charge in [-0.05, 0) is 54.1 Å². The summed E-state index contributed by atoms with van der Waals surface area (Å²) in [4.78, 5) is 38.1. The minimum Gasteiger partial charge on any atom is -0.307 e. The molecule has 188 valence electrons. The van der Waals surface area contributed by atoms with E-state index in [0.717, 1.165) is 30.7 Å². The van der Waals surface area contributed by atoms with E-state index in [2.05, 4.69) is 10.0 Å². The molecule has 2 aromatic rings. The average molecular weight is 540 g/mol. The number of rotatable bonds is 4. The van der Waals surface area contributed by atoms with Crippen molar-refractivity contribution in [1.82, 2.24) is 4.72 Å². The fraction of sp³-hybridized carbons (Fsp3) is 0.174. The summed E-state index contributed by atoms with van der Waals surface area (Å²) in [6.07, 6.45) is -0.0129. The zero-order chi connectivity index (χ0) is 26.0. The van der Waals surface area contributed by atoms with Gasteiger partial charge in [0.25, 0.3) is 5.91 Å². The van der Waals surface area contributed by atoms with Gasteiger partial charge in [-0.3, -0.25) is 14.3 Å². The van der Waals surface area contributed by atoms with Crippen molar-refractivity contribution in [1.29, 1.82) is 0 Å². The SMILES string of the molecule is O=C(Nc1ccc(N2C(=O)Cc3ccc(C(F)(F)F)cc3C2=O)c(F)c1)NS(=O)C1=CCCC=CS1. The number of urea groups is 1. The van der Waals surface area contributed by atoms with Crippen molar-refractivity contribution in [2.45, 2.75) is 25.4 Å². The molecule has 0 saturated heterocycles. The third-order valence-electron chi connectivity index (χ3n) is 5.20. The Bertz CT molecular complexity index is 1340. The molecule has 4 rings (SSSR count). The Kier molecular flexibility index (Phi) is 7.31. The van der Waals surface area contributed by atoms with Crippen molar-refractivity contribution in [3.05, 3.63) is 80.7 Å². The summed E-state index contributed by atoms with van der Waals surface area (Å²) in [5, 5.41) is 4.07. The van der Waals surface area contributed by atoms with Gasteiger partial charge in [0.1, 0.15) is 5.82 Å². The zero-order valence-corrected chi connectivity index (χ0v) is 19.9. The third kappa shape index (κ3) is 5.51. The van der Waals surface area contributed by atoms with Gasteiger partial charge < -0.3 is 5.32 Å². The minimum absolute atomic E-state index is 0.0650. The second-order valence-corrected chi connectivity index (χ2v) is 10.0. The Morgan fingerprint density at radius 2 is 1.86 bits per heavy atom. The van der Waals surface area contributed by atoms with Crippen LogP contribution in [0.4, 0.5) is 33.7 Å². The van der Waals surface area contributed by atoms with Gasteiger partial charge in [-0.2, -0.15) is 13.2 Å². The number of imide groups is 1. The van der Waals surface area contributed by atoms with Crippen LogP contribution in [0, 0.1) is 5.82 Å². The van der Waals surface area contributed by atoms with Crippen LogP contribution in [0.1, 0.15) is 34.3 Å². The van der Waals surface area contributed by atoms with Crippen LogP contribution in [0.3, 0.4) is 0 Å². The standard InChI is InChI=1S/C23H17F4N3O4S2/c24-17-12-15(28-22(33)29-36(34)20-4-2-1-3-9-35-20)7-8-18(17)30-19(31)10-13-5-6-14(23(25,26)27)11-16(13)21(30)32/h3-9,11-12H,1-2,10H2,(H2,28,29,33). The largest absolute Gasteiger partial charge is 0.416 e. The number of halogens is 4. The molecule has 1 atom stereocenters. The summed E-state index contributed by atoms with van der Waals surface area (Å²) in [6.45, 7) is 0. The molecule has 4 amide bonds. The van der Waals surface area contributed by atoms with Gasteiger partial charge in [0, 0.05) is 11.3 Å². The molecule has 0 saturated carbocycles. The van der Waals surface area contributed by atoms with Crippen molar-refractivity contribution >= 4 is 52.0 Å². The molecule has 2 aromatic carbocycles. The van der Waals surface area contributed by atoms with E-state index in [0.29, 0.717) is 21.6 Å². The van der Waals surface area contributed by atoms with Crippen LogP contribution in [0.5, 0.6) is 0 Å². The Hall–Kier alpha value is -3.45. The molecule has 0 aromatic heterocycles. The van der Waals surface area contributed by atoms with Gasteiger partial charge in [-0.1, -0.05) is 30.0 Å². The quantitative estimate of drug-likeness (QED) is 0.409. The van der Waals surface area contributed by atoms with Crippen molar-refractivity contribution in [2.24, 2.45) is 0 Å². The van der Waals surface area contributed by atoms with Crippen molar-refractivity contribution in [3.8, 4) is 0 Å². The number of hydrogen-bond acceptors (Lipinski definition) is 5. The average Bonchev–Trinajstić information content (AvgIpc) is 3.09. The summed E-state index contributed by atoms with van der Waals surface area (Å²) in [5.41, 5.74) is -1.86. The van der Waals surface area contributed by atoms with E-state index in [1.807, 2.05) is 6.08 Å². The van der Waals surface area contributed by atoms with Crippen molar-refractivity contribution in [2.75, 3.05) is 10.2 Å². The number of amides is 4. The molecule has 0 bridgehead atoms. The van der Waals surface area contributed by atoms with Gasteiger partial charge in [0.15, 0.2) is 11.0 Å². The maximum absolute atomic E-state index is 14.9. The molecule has 2 heterocycles. The Morgan fingerprint density at radius 1 is 1.08 bits per heavy atom. The molecule has 2 aliphatic rings. The number of anilines is 2. The van der Waals surface area contributed by atoms with Gasteiger partial charge in [-0.15, -0.1) is 0 Å². The highest BCUT2D eigenvalue weighted by atomic mass is 32.2. The Labute approximate surface area is 209 Å². The fourth-order valence-electron chi connectivity index (χ4n) is 3.53. The lowest BCUT2D eigenvalue weighted by Crippen LogP contribution is -2.43. The van der Waals surface area contributed by atoms with E-state index in [1.165, 1.54) is 17.8 Å². The molecule has 7 nitrogen and oxygen atoms in total. The smallest absolute Gasteiger partial charge is 0.307 e. The number of carbonyl (C=O) groups is 3. The number of thioether (sulfide) groups is 1. The molecule has 36 heavy (non-hydrogen) atoms. The monoisotopic (exact) mass is 539 g/mol. The first-order valence-electron chi connectivity index (χ1n) is 10.4. The van der Waals surface area contributed by atoms with Crippen molar-refractivity contribution in [3.63, 3.8) is 0 Å². The number of carbonyl (C=O) groups excluding carboxylic acids is 3. The number of alkyl halides is 3. The lowest BCUT2D eigenvalue weighted by Gasteiger charge is -2.27. The summed E-state index contributed by atoms with van der Waals surface area (Å²) < 4.78 is 69.1. The molecule has 1 unspecified atom stereocenters. The van der Waals surface area contributed by atoms with Crippen LogP contribution >= 0.6 is 11.8 Å². The van der Waals surface area contributed by atoms with E-state index >= 15 is 0 Å². The second kappa shape index (κ2) is 10.3. The predicted molar refractivity (Wildman–Crippen MR) is 128 cm³/mol. The number of nitrogens with one attached hydrogen (secondary N) is 2. The number of nitrogens with zero attached hydrogens (tertiary/aromatic N) is 1. The lowest BCUT2D eigenvalue weighted by atomic mass is 9.95. The van der Waals surface area contributed by atoms with Crippen LogP contribution < -0.4 is 14.9 Å². The fourth-order valence-corrected chi connectivity index (χ4v) is 5.34. The Balaban J connectivity index is 1.50. The van der Waals surface area contributed by atoms with Crippen LogP contribution in [0.2, 0.25) is 0 Å². The molecule has 2 aliphatic heterocycles. The second-order valence-electron chi connectivity index (χ2n) is 7.66. The summed E-state index contributed by atoms with van der Waals surface area (Å²) >= 11 is 1.20. The highest BCUT2D eigenvalue weighted by Gasteiger charge is 2.37. The molecule has 0 spiro atoms. The number of fused-ring (bicyclic) bond motifs is 1. The van der Waals surface area contributed by atoms with E-state index in [4.69, 9.17) is 0 Å². The molecule has 13 heteroatoms. The van der Waals surface area contributed by atoms with Gasteiger partial charge in [0.05, 0.1) is 21.9 Å². The summed E-state index contributed by atoms with van der Waals surface area (Å²) in [7, 11) is -1.83. The number of allylic oxidation sites excluding steroid dienone is 2. The first-order chi connectivity index (χ1) is 17.0. The minimum atomic E-state index is -4.70. The maximum Gasteiger partial charge on any atom is 0.416 e. The Morgan fingerprint density at radius 3 is 2.58 bits per heavy atom. The maximum atomic E-state index is 14.9. The first kappa shape index (κ1) is 25.6. The summed E-state index contributed by atoms with van der Waals surface area (Å²) in [6, 6.07) is 4.66. The number of hydrogen-bond donors (Lipinski definition) is 2. The molecular weight excluding hydrogens is 522 g/mol. The molecular formula is C23H17F4N3O4S2. The van der Waals surface area contributed by atoms with E-state index in [1.54, 1.807) is 11.5 Å². The normalized spacial score (nSPS) is 16.7. The van der Waals surface area contributed by atoms with Crippen molar-refractivity contribution < 1.29 is 36.2 Å². The first-order valence-corrected chi connectivity index (χ1v) is 12.5. The number of benzene rings is 2. The van der Waals surface area contributed by atoms with Gasteiger partial charge in [0.2, 0.25) is 5.91 Å². The van der Waals surface area contributed by atoms with E-state index < -0.39 is 58.5 Å². The highest BCUT2D eigenvalue weighted by molar-refractivity contribution is 8.17. The van der Waals surface area contributed by atoms with Gasteiger partial charge >= 0.3 is 12.2 Å². The molecule has 0 fully saturated rings. The summed E-state index contributed by atoms with van der Waals surface area (Å²) in [5.74, 6) is -2.98. The predicted octanol–water partition coefficient (Wildman–Crippen LogP) is 5.24. The zero-order valence-electron chi connectivity index (χ0n) is 18.2. The molecule has 0 aliphatic carbocycles. The van der Waals surface area contributed by atoms with E-state index in [9.17, 15) is 36.2 Å². The lowest BCUT2D eigenvalue weighted by molar-refractivity contribution is -0.137. The highest BCUT2D eigenvalue weighted by Crippen LogP contribution is 2.34. The topological polar surface area (TPSA) is 95.6 Å².